The standard InChI is InChI=1S/C10H16F3N3O/c1-9(14,7-17)4-2-5-16-6-3-8(15-16)10(11,12)13/h3,6,17H,2,4-5,7,14H2,1H3. The fraction of sp³-hybridized carbons (Fsp3) is 0.700. The normalized spacial score (nSPS) is 15.9. The van der Waals surface area contributed by atoms with E-state index in [0.717, 1.165) is 6.07 Å². The Morgan fingerprint density at radius 1 is 1.47 bits per heavy atom. The number of hydrogen-bond acceptors (Lipinski definition) is 3. The molecule has 1 rings (SSSR count). The van der Waals surface area contributed by atoms with Crippen LogP contribution in [-0.4, -0.2) is 27.0 Å². The van der Waals surface area contributed by atoms with Crippen molar-refractivity contribution in [1.82, 2.24) is 9.78 Å². The molecular weight excluding hydrogens is 235 g/mol. The molecule has 3 N–H and O–H groups in total. The minimum absolute atomic E-state index is 0.153. The summed E-state index contributed by atoms with van der Waals surface area (Å²) in [5.41, 5.74) is 4.11. The molecule has 0 saturated heterocycles. The fourth-order valence-electron chi connectivity index (χ4n) is 1.36. The maximum Gasteiger partial charge on any atom is 0.435 e. The van der Waals surface area contributed by atoms with Gasteiger partial charge in [0.05, 0.1) is 6.61 Å². The van der Waals surface area contributed by atoms with E-state index in [9.17, 15) is 13.2 Å². The number of aliphatic hydroxyl groups excluding tert-OH is 1. The maximum atomic E-state index is 12.2. The van der Waals surface area contributed by atoms with E-state index >= 15 is 0 Å². The number of nitrogens with two attached hydrogens (primary N) is 1. The number of alkyl halides is 3. The van der Waals surface area contributed by atoms with Gasteiger partial charge in [-0.3, -0.25) is 4.68 Å². The zero-order chi connectivity index (χ0) is 13.1. The highest BCUT2D eigenvalue weighted by Crippen LogP contribution is 2.27. The van der Waals surface area contributed by atoms with Crippen molar-refractivity contribution in [2.24, 2.45) is 5.73 Å². The molecule has 0 spiro atoms. The van der Waals surface area contributed by atoms with E-state index in [0.29, 0.717) is 19.4 Å². The van der Waals surface area contributed by atoms with Crippen molar-refractivity contribution >= 4 is 0 Å². The van der Waals surface area contributed by atoms with Crippen LogP contribution < -0.4 is 5.73 Å². The molecule has 0 bridgehead atoms. The zero-order valence-electron chi connectivity index (χ0n) is 9.54. The van der Waals surface area contributed by atoms with Gasteiger partial charge in [-0.2, -0.15) is 18.3 Å². The van der Waals surface area contributed by atoms with Crippen molar-refractivity contribution in [3.63, 3.8) is 0 Å². The number of nitrogens with zero attached hydrogens (tertiary/aromatic N) is 2. The Labute approximate surface area is 97.2 Å². The summed E-state index contributed by atoms with van der Waals surface area (Å²) in [6.45, 7) is 1.89. The predicted molar refractivity (Wildman–Crippen MR) is 56.1 cm³/mol. The second kappa shape index (κ2) is 5.05. The molecule has 4 nitrogen and oxygen atoms in total. The van der Waals surface area contributed by atoms with Crippen molar-refractivity contribution in [3.05, 3.63) is 18.0 Å². The number of halogens is 3. The van der Waals surface area contributed by atoms with Gasteiger partial charge in [0.2, 0.25) is 0 Å². The first kappa shape index (κ1) is 14.0. The van der Waals surface area contributed by atoms with Gasteiger partial charge in [-0.1, -0.05) is 0 Å². The number of aromatic nitrogens is 2. The zero-order valence-corrected chi connectivity index (χ0v) is 9.54. The van der Waals surface area contributed by atoms with Gasteiger partial charge in [0.1, 0.15) is 0 Å². The number of rotatable bonds is 5. The second-order valence-corrected chi connectivity index (χ2v) is 4.38. The summed E-state index contributed by atoms with van der Waals surface area (Å²) in [6.07, 6.45) is -2.04. The van der Waals surface area contributed by atoms with Crippen molar-refractivity contribution in [2.45, 2.75) is 38.0 Å². The smallest absolute Gasteiger partial charge is 0.394 e. The molecule has 0 aliphatic heterocycles. The molecule has 0 saturated carbocycles. The third-order valence-corrected chi connectivity index (χ3v) is 2.43. The van der Waals surface area contributed by atoms with E-state index in [1.165, 1.54) is 10.9 Å². The monoisotopic (exact) mass is 251 g/mol. The van der Waals surface area contributed by atoms with E-state index in [1.54, 1.807) is 6.92 Å². The lowest BCUT2D eigenvalue weighted by Gasteiger charge is -2.21. The maximum absolute atomic E-state index is 12.2. The summed E-state index contributed by atoms with van der Waals surface area (Å²) >= 11 is 0. The molecule has 1 aromatic rings. The topological polar surface area (TPSA) is 64.1 Å². The van der Waals surface area contributed by atoms with Crippen molar-refractivity contribution in [2.75, 3.05) is 6.61 Å². The number of aryl methyl sites for hydroxylation is 1. The van der Waals surface area contributed by atoms with Crippen LogP contribution >= 0.6 is 0 Å². The van der Waals surface area contributed by atoms with Crippen LogP contribution in [0.25, 0.3) is 0 Å². The van der Waals surface area contributed by atoms with E-state index in [1.807, 2.05) is 0 Å². The Morgan fingerprint density at radius 2 is 2.12 bits per heavy atom. The Bertz CT molecular complexity index is 360. The van der Waals surface area contributed by atoms with Crippen molar-refractivity contribution in [3.8, 4) is 0 Å². The van der Waals surface area contributed by atoms with Crippen LogP contribution in [0.3, 0.4) is 0 Å². The number of aliphatic hydroxyl groups is 1. The summed E-state index contributed by atoms with van der Waals surface area (Å²) in [5.74, 6) is 0. The molecule has 1 heterocycles. The summed E-state index contributed by atoms with van der Waals surface area (Å²) in [6, 6.07) is 0.938. The molecule has 0 fully saturated rings. The SMILES string of the molecule is CC(N)(CO)CCCn1ccc(C(F)(F)F)n1. The highest BCUT2D eigenvalue weighted by atomic mass is 19.4. The van der Waals surface area contributed by atoms with Crippen LogP contribution in [0.5, 0.6) is 0 Å². The van der Waals surface area contributed by atoms with Crippen LogP contribution in [0.1, 0.15) is 25.5 Å². The van der Waals surface area contributed by atoms with Gasteiger partial charge in [0.25, 0.3) is 0 Å². The largest absolute Gasteiger partial charge is 0.435 e. The fourth-order valence-corrected chi connectivity index (χ4v) is 1.36. The molecule has 0 radical (unpaired) electrons. The lowest BCUT2D eigenvalue weighted by molar-refractivity contribution is -0.141. The molecular formula is C10H16F3N3O. The van der Waals surface area contributed by atoms with Crippen LogP contribution in [0, 0.1) is 0 Å². The van der Waals surface area contributed by atoms with Crippen molar-refractivity contribution in [1.29, 1.82) is 0 Å². The molecule has 0 aliphatic rings. The Balaban J connectivity index is 2.46. The van der Waals surface area contributed by atoms with E-state index in [2.05, 4.69) is 5.10 Å². The van der Waals surface area contributed by atoms with Gasteiger partial charge in [0.15, 0.2) is 5.69 Å². The first-order valence-corrected chi connectivity index (χ1v) is 5.25. The summed E-state index contributed by atoms with van der Waals surface area (Å²) < 4.78 is 37.9. The molecule has 7 heteroatoms. The summed E-state index contributed by atoms with van der Waals surface area (Å²) in [7, 11) is 0. The van der Waals surface area contributed by atoms with Gasteiger partial charge in [-0.15, -0.1) is 0 Å². The number of hydrogen-bond donors (Lipinski definition) is 2. The van der Waals surface area contributed by atoms with Gasteiger partial charge in [0, 0.05) is 18.3 Å². The average molecular weight is 251 g/mol. The van der Waals surface area contributed by atoms with Crippen LogP contribution in [-0.2, 0) is 12.7 Å². The summed E-state index contributed by atoms with van der Waals surface area (Å²) in [4.78, 5) is 0. The molecule has 17 heavy (non-hydrogen) atoms. The predicted octanol–water partition coefficient (Wildman–Crippen LogP) is 1.39. The first-order valence-electron chi connectivity index (χ1n) is 5.25. The van der Waals surface area contributed by atoms with E-state index in [4.69, 9.17) is 10.8 Å². The molecule has 1 aromatic heterocycles. The van der Waals surface area contributed by atoms with E-state index < -0.39 is 17.4 Å². The average Bonchev–Trinajstić information content (AvgIpc) is 2.66. The van der Waals surface area contributed by atoms with Gasteiger partial charge >= 0.3 is 6.18 Å². The Kier molecular flexibility index (Phi) is 4.16. The van der Waals surface area contributed by atoms with Crippen LogP contribution in [0.4, 0.5) is 13.2 Å². The highest BCUT2D eigenvalue weighted by Gasteiger charge is 2.33. The third-order valence-electron chi connectivity index (χ3n) is 2.43. The quantitative estimate of drug-likeness (QED) is 0.831. The van der Waals surface area contributed by atoms with Crippen LogP contribution in [0.15, 0.2) is 12.3 Å². The second-order valence-electron chi connectivity index (χ2n) is 4.38. The third kappa shape index (κ3) is 4.35. The van der Waals surface area contributed by atoms with Gasteiger partial charge < -0.3 is 10.8 Å². The van der Waals surface area contributed by atoms with E-state index in [-0.39, 0.29) is 6.61 Å². The Hall–Kier alpha value is -1.08. The van der Waals surface area contributed by atoms with Crippen molar-refractivity contribution < 1.29 is 18.3 Å². The van der Waals surface area contributed by atoms with Gasteiger partial charge in [-0.05, 0) is 25.8 Å². The molecule has 0 aliphatic carbocycles. The molecule has 1 unspecified atom stereocenters. The lowest BCUT2D eigenvalue weighted by Crippen LogP contribution is -2.40. The summed E-state index contributed by atoms with van der Waals surface area (Å²) in [5, 5.41) is 12.3. The molecule has 0 amide bonds. The first-order chi connectivity index (χ1) is 7.74. The molecule has 0 aromatic carbocycles. The lowest BCUT2D eigenvalue weighted by atomic mass is 9.99. The van der Waals surface area contributed by atoms with Gasteiger partial charge in [-0.25, -0.2) is 0 Å². The minimum Gasteiger partial charge on any atom is -0.394 e. The highest BCUT2D eigenvalue weighted by molar-refractivity contribution is 5.03. The molecule has 1 atom stereocenters. The van der Waals surface area contributed by atoms with Crippen LogP contribution in [0.2, 0.25) is 0 Å². The minimum atomic E-state index is -4.40. The Morgan fingerprint density at radius 3 is 2.59 bits per heavy atom. The molecule has 98 valence electrons.